The molecule has 0 aromatic heterocycles. The molecule has 0 radical (unpaired) electrons. The molecule has 1 atom stereocenters. The van der Waals surface area contributed by atoms with E-state index in [0.717, 1.165) is 16.7 Å². The Balaban J connectivity index is 2.23. The van der Waals surface area contributed by atoms with Crippen LogP contribution in [0.25, 0.3) is 11.1 Å². The summed E-state index contributed by atoms with van der Waals surface area (Å²) in [4.78, 5) is 11.9. The summed E-state index contributed by atoms with van der Waals surface area (Å²) in [6.45, 7) is 4.19. The highest BCUT2D eigenvalue weighted by molar-refractivity contribution is 5.78. The van der Waals surface area contributed by atoms with Crippen LogP contribution >= 0.6 is 0 Å². The van der Waals surface area contributed by atoms with Gasteiger partial charge in [0.25, 0.3) is 0 Å². The first-order valence-electron chi connectivity index (χ1n) is 6.83. The number of benzene rings is 2. The Labute approximate surface area is 125 Å². The minimum absolute atomic E-state index is 0.302. The summed E-state index contributed by atoms with van der Waals surface area (Å²) in [5.74, 6) is -0.302. The molecule has 0 aliphatic rings. The third-order valence-corrected chi connectivity index (χ3v) is 3.25. The molecule has 2 aromatic carbocycles. The second kappa shape index (κ2) is 7.41. The van der Waals surface area contributed by atoms with Gasteiger partial charge in [0.05, 0.1) is 7.11 Å². The molecule has 0 aliphatic heterocycles. The predicted molar refractivity (Wildman–Crippen MR) is 84.8 cm³/mol. The lowest BCUT2D eigenvalue weighted by atomic mass is 10.0. The lowest BCUT2D eigenvalue weighted by Gasteiger charge is -2.16. The molecule has 0 heterocycles. The van der Waals surface area contributed by atoms with Gasteiger partial charge in [-0.15, -0.1) is 6.58 Å². The molecule has 0 spiro atoms. The number of nitrogens with one attached hydrogen (secondary N) is 1. The number of ether oxygens (including phenoxy) is 1. The Morgan fingerprint density at radius 3 is 2.33 bits per heavy atom. The molecule has 3 heteroatoms. The van der Waals surface area contributed by atoms with Gasteiger partial charge in [-0.25, -0.2) is 4.79 Å². The summed E-state index contributed by atoms with van der Waals surface area (Å²) in [7, 11) is 1.39. The van der Waals surface area contributed by atoms with Crippen LogP contribution in [0.5, 0.6) is 0 Å². The van der Waals surface area contributed by atoms with Crippen molar-refractivity contribution in [3.8, 4) is 11.1 Å². The van der Waals surface area contributed by atoms with E-state index >= 15 is 0 Å². The molecular weight excluding hydrogens is 262 g/mol. The number of carbonyl (C=O) groups excluding carboxylic acids is 1. The Morgan fingerprint density at radius 1 is 1.14 bits per heavy atom. The van der Waals surface area contributed by atoms with E-state index in [1.165, 1.54) is 7.11 Å². The number of hydrogen-bond donors (Lipinski definition) is 1. The van der Waals surface area contributed by atoms with Crippen LogP contribution in [0.15, 0.2) is 67.3 Å². The topological polar surface area (TPSA) is 38.3 Å². The van der Waals surface area contributed by atoms with Crippen LogP contribution in [-0.4, -0.2) is 19.6 Å². The maximum atomic E-state index is 11.9. The highest BCUT2D eigenvalue weighted by Crippen LogP contribution is 2.22. The summed E-state index contributed by atoms with van der Waals surface area (Å²) in [6, 6.07) is 17.6. The molecule has 2 aromatic rings. The molecular formula is C18H19NO2. The molecule has 108 valence electrons. The maximum absolute atomic E-state index is 11.9. The zero-order valence-electron chi connectivity index (χ0n) is 12.1. The average Bonchev–Trinajstić information content (AvgIpc) is 2.56. The standard InChI is InChI=1S/C18H19NO2/c1-3-13-19-17(18(20)21-2)16-11-9-15(10-12-16)14-7-5-4-6-8-14/h3-12,17,19H,1,13H2,2H3. The molecule has 1 unspecified atom stereocenters. The fourth-order valence-corrected chi connectivity index (χ4v) is 2.15. The molecule has 0 amide bonds. The second-order valence-electron chi connectivity index (χ2n) is 4.64. The second-order valence-corrected chi connectivity index (χ2v) is 4.64. The first-order chi connectivity index (χ1) is 10.3. The number of esters is 1. The van der Waals surface area contributed by atoms with Gasteiger partial charge in [-0.2, -0.15) is 0 Å². The van der Waals surface area contributed by atoms with E-state index < -0.39 is 6.04 Å². The Morgan fingerprint density at radius 2 is 1.76 bits per heavy atom. The molecule has 0 saturated carbocycles. The largest absolute Gasteiger partial charge is 0.468 e. The van der Waals surface area contributed by atoms with Gasteiger partial charge in [0.2, 0.25) is 0 Å². The zero-order chi connectivity index (χ0) is 15.1. The molecule has 0 bridgehead atoms. The van der Waals surface area contributed by atoms with Crippen LogP contribution in [0.4, 0.5) is 0 Å². The van der Waals surface area contributed by atoms with Crippen molar-refractivity contribution in [1.82, 2.24) is 5.32 Å². The Hall–Kier alpha value is -2.39. The molecule has 0 fully saturated rings. The monoisotopic (exact) mass is 281 g/mol. The lowest BCUT2D eigenvalue weighted by Crippen LogP contribution is -2.29. The fourth-order valence-electron chi connectivity index (χ4n) is 2.15. The number of carbonyl (C=O) groups is 1. The van der Waals surface area contributed by atoms with E-state index in [9.17, 15) is 4.79 Å². The van der Waals surface area contributed by atoms with Gasteiger partial charge in [0.1, 0.15) is 6.04 Å². The number of hydrogen-bond acceptors (Lipinski definition) is 3. The third kappa shape index (κ3) is 3.80. The van der Waals surface area contributed by atoms with E-state index in [1.807, 2.05) is 42.5 Å². The molecule has 3 nitrogen and oxygen atoms in total. The first-order valence-corrected chi connectivity index (χ1v) is 6.83. The quantitative estimate of drug-likeness (QED) is 0.652. The Kier molecular flexibility index (Phi) is 5.29. The van der Waals surface area contributed by atoms with Crippen molar-refractivity contribution < 1.29 is 9.53 Å². The van der Waals surface area contributed by atoms with Gasteiger partial charge in [-0.05, 0) is 16.7 Å². The molecule has 0 saturated heterocycles. The molecule has 21 heavy (non-hydrogen) atoms. The van der Waals surface area contributed by atoms with Crippen LogP contribution in [0.2, 0.25) is 0 Å². The van der Waals surface area contributed by atoms with Gasteiger partial charge in [0.15, 0.2) is 0 Å². The van der Waals surface area contributed by atoms with Crippen molar-refractivity contribution in [3.63, 3.8) is 0 Å². The summed E-state index contributed by atoms with van der Waals surface area (Å²) >= 11 is 0. The highest BCUT2D eigenvalue weighted by atomic mass is 16.5. The average molecular weight is 281 g/mol. The molecule has 1 N–H and O–H groups in total. The SMILES string of the molecule is C=CCNC(C(=O)OC)c1ccc(-c2ccccc2)cc1. The number of rotatable bonds is 6. The lowest BCUT2D eigenvalue weighted by molar-refractivity contribution is -0.143. The summed E-state index contributed by atoms with van der Waals surface area (Å²) in [5, 5.41) is 3.10. The van der Waals surface area contributed by atoms with Crippen molar-refractivity contribution in [2.45, 2.75) is 6.04 Å². The minimum Gasteiger partial charge on any atom is -0.468 e. The first kappa shape index (κ1) is 15.0. The van der Waals surface area contributed by atoms with Crippen molar-refractivity contribution in [3.05, 3.63) is 72.8 Å². The van der Waals surface area contributed by atoms with Crippen LogP contribution in [-0.2, 0) is 9.53 Å². The van der Waals surface area contributed by atoms with E-state index in [2.05, 4.69) is 24.0 Å². The van der Waals surface area contributed by atoms with Gasteiger partial charge in [0, 0.05) is 6.54 Å². The van der Waals surface area contributed by atoms with Crippen molar-refractivity contribution in [2.24, 2.45) is 0 Å². The van der Waals surface area contributed by atoms with Crippen molar-refractivity contribution >= 4 is 5.97 Å². The normalized spacial score (nSPS) is 11.7. The smallest absolute Gasteiger partial charge is 0.327 e. The van der Waals surface area contributed by atoms with Crippen LogP contribution < -0.4 is 5.32 Å². The summed E-state index contributed by atoms with van der Waals surface area (Å²) in [5.41, 5.74) is 3.15. The summed E-state index contributed by atoms with van der Waals surface area (Å²) < 4.78 is 4.84. The number of methoxy groups -OCH3 is 1. The van der Waals surface area contributed by atoms with E-state index in [4.69, 9.17) is 4.74 Å². The van der Waals surface area contributed by atoms with Crippen molar-refractivity contribution in [1.29, 1.82) is 0 Å². The van der Waals surface area contributed by atoms with E-state index in [1.54, 1.807) is 6.08 Å². The maximum Gasteiger partial charge on any atom is 0.327 e. The third-order valence-electron chi connectivity index (χ3n) is 3.25. The van der Waals surface area contributed by atoms with E-state index in [0.29, 0.717) is 6.54 Å². The fraction of sp³-hybridized carbons (Fsp3) is 0.167. The van der Waals surface area contributed by atoms with Crippen LogP contribution in [0.3, 0.4) is 0 Å². The Bertz CT molecular complexity index is 590. The minimum atomic E-state index is -0.474. The van der Waals surface area contributed by atoms with Crippen LogP contribution in [0.1, 0.15) is 11.6 Å². The van der Waals surface area contributed by atoms with Crippen LogP contribution in [0, 0.1) is 0 Å². The van der Waals surface area contributed by atoms with Crippen molar-refractivity contribution in [2.75, 3.05) is 13.7 Å². The van der Waals surface area contributed by atoms with Gasteiger partial charge in [-0.1, -0.05) is 60.7 Å². The molecule has 0 aliphatic carbocycles. The van der Waals surface area contributed by atoms with Gasteiger partial charge >= 0.3 is 5.97 Å². The van der Waals surface area contributed by atoms with Gasteiger partial charge in [-0.3, -0.25) is 5.32 Å². The van der Waals surface area contributed by atoms with Gasteiger partial charge < -0.3 is 4.74 Å². The van der Waals surface area contributed by atoms with E-state index in [-0.39, 0.29) is 5.97 Å². The molecule has 2 rings (SSSR count). The zero-order valence-corrected chi connectivity index (χ0v) is 12.1. The summed E-state index contributed by atoms with van der Waals surface area (Å²) in [6.07, 6.45) is 1.72. The highest BCUT2D eigenvalue weighted by Gasteiger charge is 2.20. The predicted octanol–water partition coefficient (Wildman–Crippen LogP) is 3.34.